The van der Waals surface area contributed by atoms with Gasteiger partial charge >= 0.3 is 6.09 Å². The topological polar surface area (TPSA) is 98.2 Å². The number of rotatable bonds is 5. The highest BCUT2D eigenvalue weighted by Crippen LogP contribution is 2.27. The number of carbonyl (C=O) groups excluding carboxylic acids is 1. The molecule has 0 atom stereocenters. The molecule has 3 aromatic rings. The molecule has 0 radical (unpaired) electrons. The molecule has 3 rings (SSSR count). The molecule has 0 aliphatic carbocycles. The van der Waals surface area contributed by atoms with Gasteiger partial charge in [0.05, 0.1) is 12.9 Å². The molecule has 0 saturated heterocycles. The Morgan fingerprint density at radius 1 is 1.17 bits per heavy atom. The maximum absolute atomic E-state index is 14.1. The van der Waals surface area contributed by atoms with Gasteiger partial charge in [-0.2, -0.15) is 0 Å². The molecule has 10 heteroatoms. The van der Waals surface area contributed by atoms with Crippen LogP contribution in [0.1, 0.15) is 11.3 Å². The van der Waals surface area contributed by atoms with Crippen LogP contribution in [0.3, 0.4) is 0 Å². The van der Waals surface area contributed by atoms with Crippen LogP contribution < -0.4 is 5.32 Å². The van der Waals surface area contributed by atoms with E-state index in [9.17, 15) is 17.6 Å². The average molecular weight is 450 g/mol. The van der Waals surface area contributed by atoms with Crippen molar-refractivity contribution in [2.24, 2.45) is 0 Å². The van der Waals surface area contributed by atoms with Crippen molar-refractivity contribution in [2.45, 2.75) is 17.6 Å². The summed E-state index contributed by atoms with van der Waals surface area (Å²) in [5, 5.41) is 2.57. The zero-order valence-corrected chi connectivity index (χ0v) is 17.6. The number of hydrogen-bond donors (Lipinski definition) is 1. The van der Waals surface area contributed by atoms with Crippen molar-refractivity contribution < 1.29 is 22.3 Å². The second kappa shape index (κ2) is 8.76. The number of pyridine rings is 2. The number of halogens is 2. The van der Waals surface area contributed by atoms with E-state index in [1.807, 2.05) is 0 Å². The number of anilines is 1. The quantitative estimate of drug-likeness (QED) is 0.620. The van der Waals surface area contributed by atoms with Crippen LogP contribution in [0, 0.1) is 12.7 Å². The zero-order valence-electron chi connectivity index (χ0n) is 16.0. The van der Waals surface area contributed by atoms with Gasteiger partial charge in [0.1, 0.15) is 16.5 Å². The van der Waals surface area contributed by atoms with Gasteiger partial charge in [-0.1, -0.05) is 11.6 Å². The summed E-state index contributed by atoms with van der Waals surface area (Å²) in [6.45, 7) is 1.67. The number of hydrogen-bond acceptors (Lipinski definition) is 6. The van der Waals surface area contributed by atoms with Crippen LogP contribution >= 0.6 is 11.6 Å². The Labute approximate surface area is 177 Å². The lowest BCUT2D eigenvalue weighted by atomic mass is 10.1. The molecule has 1 aromatic carbocycles. The standard InChI is InChI=1S/C20H17ClFN3O4S/c1-12-15(11-30(27,28)18-4-3-16(21)9-17(18)22)7-14(10-24-12)13-5-6-23-19(8-13)25-20(26)29-2/h3-10H,11H2,1-2H3,(H,23,25,26). The van der Waals surface area contributed by atoms with Crippen LogP contribution in [-0.2, 0) is 20.3 Å². The van der Waals surface area contributed by atoms with Gasteiger partial charge in [0, 0.05) is 28.7 Å². The fraction of sp³-hybridized carbons (Fsp3) is 0.150. The molecule has 156 valence electrons. The molecular weight excluding hydrogens is 433 g/mol. The van der Waals surface area contributed by atoms with Crippen LogP contribution in [0.2, 0.25) is 5.02 Å². The molecule has 0 aliphatic rings. The fourth-order valence-electron chi connectivity index (χ4n) is 2.73. The maximum atomic E-state index is 14.1. The molecule has 7 nitrogen and oxygen atoms in total. The number of sulfone groups is 1. The van der Waals surface area contributed by atoms with E-state index >= 15 is 0 Å². The molecule has 0 saturated carbocycles. The van der Waals surface area contributed by atoms with Crippen molar-refractivity contribution >= 4 is 33.3 Å². The maximum Gasteiger partial charge on any atom is 0.412 e. The van der Waals surface area contributed by atoms with E-state index in [0.29, 0.717) is 22.4 Å². The van der Waals surface area contributed by atoms with Crippen molar-refractivity contribution in [3.05, 3.63) is 70.9 Å². The van der Waals surface area contributed by atoms with E-state index in [-0.39, 0.29) is 10.8 Å². The third-order valence-electron chi connectivity index (χ3n) is 4.28. The molecule has 0 bridgehead atoms. The number of carbonyl (C=O) groups is 1. The normalized spacial score (nSPS) is 11.2. The largest absolute Gasteiger partial charge is 0.453 e. The first-order valence-corrected chi connectivity index (χ1v) is 10.7. The number of aromatic nitrogens is 2. The summed E-state index contributed by atoms with van der Waals surface area (Å²) in [7, 11) is -2.73. The molecule has 0 aliphatic heterocycles. The van der Waals surface area contributed by atoms with Gasteiger partial charge in [-0.15, -0.1) is 0 Å². The van der Waals surface area contributed by atoms with Gasteiger partial charge in [0.2, 0.25) is 0 Å². The van der Waals surface area contributed by atoms with Crippen LogP contribution in [-0.4, -0.2) is 31.6 Å². The molecule has 1 N–H and O–H groups in total. The Balaban J connectivity index is 1.94. The molecule has 30 heavy (non-hydrogen) atoms. The van der Waals surface area contributed by atoms with E-state index in [0.717, 1.165) is 12.1 Å². The fourth-order valence-corrected chi connectivity index (χ4v) is 4.37. The molecule has 0 unspecified atom stereocenters. The Bertz CT molecular complexity index is 1220. The summed E-state index contributed by atoms with van der Waals surface area (Å²) in [6.07, 6.45) is 2.39. The van der Waals surface area contributed by atoms with E-state index in [4.69, 9.17) is 11.6 Å². The number of nitrogens with zero attached hydrogens (tertiary/aromatic N) is 2. The molecule has 0 spiro atoms. The van der Waals surface area contributed by atoms with Gasteiger partial charge < -0.3 is 4.74 Å². The Kier molecular flexibility index (Phi) is 6.33. The van der Waals surface area contributed by atoms with E-state index < -0.39 is 32.4 Å². The summed E-state index contributed by atoms with van der Waals surface area (Å²) in [6, 6.07) is 8.37. The zero-order chi connectivity index (χ0) is 21.9. The lowest BCUT2D eigenvalue weighted by molar-refractivity contribution is 0.187. The number of nitrogens with one attached hydrogen (secondary N) is 1. The summed E-state index contributed by atoms with van der Waals surface area (Å²) in [4.78, 5) is 19.2. The smallest absolute Gasteiger partial charge is 0.412 e. The van der Waals surface area contributed by atoms with Crippen molar-refractivity contribution in [1.82, 2.24) is 9.97 Å². The van der Waals surface area contributed by atoms with Crippen LogP contribution in [0.25, 0.3) is 11.1 Å². The summed E-state index contributed by atoms with van der Waals surface area (Å²) >= 11 is 5.71. The van der Waals surface area contributed by atoms with Gasteiger partial charge in [-0.05, 0) is 54.4 Å². The molecular formula is C20H17ClFN3O4S. The molecule has 1 amide bonds. The Morgan fingerprint density at radius 3 is 2.63 bits per heavy atom. The summed E-state index contributed by atoms with van der Waals surface area (Å²) in [5.41, 5.74) is 2.18. The predicted octanol–water partition coefficient (Wildman–Crippen LogP) is 4.40. The van der Waals surface area contributed by atoms with Gasteiger partial charge in [0.15, 0.2) is 9.84 Å². The summed E-state index contributed by atoms with van der Waals surface area (Å²) in [5.74, 6) is -1.08. The average Bonchev–Trinajstić information content (AvgIpc) is 2.69. The number of ether oxygens (including phenoxy) is 1. The van der Waals surface area contributed by atoms with Gasteiger partial charge in [-0.3, -0.25) is 10.3 Å². The second-order valence-corrected chi connectivity index (χ2v) is 8.74. The third-order valence-corrected chi connectivity index (χ3v) is 6.20. The third kappa shape index (κ3) is 4.92. The second-order valence-electron chi connectivity index (χ2n) is 6.35. The highest BCUT2D eigenvalue weighted by molar-refractivity contribution is 7.90. The highest BCUT2D eigenvalue weighted by atomic mass is 35.5. The van der Waals surface area contributed by atoms with Crippen molar-refractivity contribution in [3.8, 4) is 11.1 Å². The number of benzene rings is 1. The number of methoxy groups -OCH3 is 1. The number of aryl methyl sites for hydroxylation is 1. The molecule has 2 heterocycles. The van der Waals surface area contributed by atoms with E-state index in [1.54, 1.807) is 31.3 Å². The van der Waals surface area contributed by atoms with Crippen molar-refractivity contribution in [1.29, 1.82) is 0 Å². The van der Waals surface area contributed by atoms with Crippen molar-refractivity contribution in [2.75, 3.05) is 12.4 Å². The Hall–Kier alpha value is -3.04. The molecule has 0 fully saturated rings. The molecule has 2 aromatic heterocycles. The first-order valence-electron chi connectivity index (χ1n) is 8.64. The minimum absolute atomic E-state index is 0.111. The first-order chi connectivity index (χ1) is 14.2. The van der Waals surface area contributed by atoms with Gasteiger partial charge in [0.25, 0.3) is 0 Å². The SMILES string of the molecule is COC(=O)Nc1cc(-c2cnc(C)c(CS(=O)(=O)c3ccc(Cl)cc3F)c2)ccn1. The minimum atomic E-state index is -3.97. The lowest BCUT2D eigenvalue weighted by Crippen LogP contribution is -2.12. The van der Waals surface area contributed by atoms with E-state index in [2.05, 4.69) is 20.0 Å². The summed E-state index contributed by atoms with van der Waals surface area (Å²) < 4.78 is 44.2. The Morgan fingerprint density at radius 2 is 1.93 bits per heavy atom. The van der Waals surface area contributed by atoms with Gasteiger partial charge in [-0.25, -0.2) is 22.6 Å². The van der Waals surface area contributed by atoms with E-state index in [1.165, 1.54) is 19.4 Å². The minimum Gasteiger partial charge on any atom is -0.453 e. The number of amides is 1. The highest BCUT2D eigenvalue weighted by Gasteiger charge is 2.22. The van der Waals surface area contributed by atoms with Crippen molar-refractivity contribution in [3.63, 3.8) is 0 Å². The van der Waals surface area contributed by atoms with Crippen LogP contribution in [0.5, 0.6) is 0 Å². The first kappa shape index (κ1) is 21.7. The lowest BCUT2D eigenvalue weighted by Gasteiger charge is -2.11. The van der Waals surface area contributed by atoms with Crippen LogP contribution in [0.4, 0.5) is 15.0 Å². The predicted molar refractivity (Wildman–Crippen MR) is 111 cm³/mol. The van der Waals surface area contributed by atoms with Crippen LogP contribution in [0.15, 0.2) is 53.7 Å². The monoisotopic (exact) mass is 449 g/mol.